The number of hydrogen-bond acceptors (Lipinski definition) is 2. The van der Waals surface area contributed by atoms with Crippen LogP contribution in [0.5, 0.6) is 0 Å². The summed E-state index contributed by atoms with van der Waals surface area (Å²) in [6.45, 7) is 3.99. The summed E-state index contributed by atoms with van der Waals surface area (Å²) >= 11 is 17.7. The van der Waals surface area contributed by atoms with E-state index < -0.39 is 0 Å². The zero-order valence-electron chi connectivity index (χ0n) is 15.4. The van der Waals surface area contributed by atoms with Crippen LogP contribution in [-0.4, -0.2) is 4.99 Å². The monoisotopic (exact) mass is 428 g/mol. The zero-order valence-corrected chi connectivity index (χ0v) is 17.7. The average Bonchev–Trinajstić information content (AvgIpc) is 2.68. The molecule has 1 heterocycles. The molecule has 1 aromatic heterocycles. The van der Waals surface area contributed by atoms with Gasteiger partial charge < -0.3 is 10.4 Å². The Balaban J connectivity index is 2.10. The molecule has 0 aliphatic carbocycles. The second-order valence-electron chi connectivity index (χ2n) is 6.36. The summed E-state index contributed by atoms with van der Waals surface area (Å²) in [6, 6.07) is 16.4. The van der Waals surface area contributed by atoms with E-state index in [1.54, 1.807) is 35.2 Å². The zero-order chi connectivity index (χ0) is 20.3. The van der Waals surface area contributed by atoms with Crippen molar-refractivity contribution in [3.8, 4) is 0 Å². The van der Waals surface area contributed by atoms with Gasteiger partial charge >= 0.3 is 0 Å². The molecule has 0 bridgehead atoms. The molecule has 0 fully saturated rings. The van der Waals surface area contributed by atoms with Gasteiger partial charge in [-0.1, -0.05) is 59.7 Å². The summed E-state index contributed by atoms with van der Waals surface area (Å²) < 4.78 is 1.70. The van der Waals surface area contributed by atoms with Crippen molar-refractivity contribution in [2.24, 2.45) is 0 Å². The van der Waals surface area contributed by atoms with Crippen LogP contribution in [0.15, 0.2) is 67.0 Å². The molecule has 0 saturated heterocycles. The summed E-state index contributed by atoms with van der Waals surface area (Å²) in [4.78, 5) is 0.320. The third-order valence-electron chi connectivity index (χ3n) is 4.23. The highest BCUT2D eigenvalue weighted by atomic mass is 35.5. The number of halogens is 2. The van der Waals surface area contributed by atoms with Crippen molar-refractivity contribution in [1.82, 2.24) is 0 Å². The van der Waals surface area contributed by atoms with Crippen LogP contribution in [0.4, 0.5) is 5.69 Å². The number of nitrogens with one attached hydrogen (secondary N) is 1. The lowest BCUT2D eigenvalue weighted by Crippen LogP contribution is -2.39. The van der Waals surface area contributed by atoms with Gasteiger partial charge in [-0.05, 0) is 54.5 Å². The number of thiocarbonyl (C=S) groups is 1. The first-order chi connectivity index (χ1) is 13.4. The van der Waals surface area contributed by atoms with Crippen LogP contribution in [0, 0.1) is 13.8 Å². The van der Waals surface area contributed by atoms with Gasteiger partial charge in [0.1, 0.15) is 0 Å². The van der Waals surface area contributed by atoms with Crippen LogP contribution >= 0.6 is 35.4 Å². The van der Waals surface area contributed by atoms with Crippen LogP contribution in [0.25, 0.3) is 11.5 Å². The summed E-state index contributed by atoms with van der Waals surface area (Å²) in [5, 5.41) is 17.2. The van der Waals surface area contributed by atoms with Gasteiger partial charge in [0.25, 0.3) is 0 Å². The Morgan fingerprint density at radius 2 is 1.68 bits per heavy atom. The Bertz CT molecular complexity index is 1070. The molecule has 0 amide bonds. The number of pyridine rings is 1. The van der Waals surface area contributed by atoms with Crippen LogP contribution in [-0.2, 0) is 0 Å². The Labute approximate surface area is 179 Å². The molecule has 0 atom stereocenters. The Kier molecular flexibility index (Phi) is 6.35. The standard InChI is InChI=1S/C22H18Cl2N2OS/c1-14-6-7-15(2)19(12-14)25-22(28)20(26-10-4-3-5-11-26)21(27)16-8-9-17(23)18(24)13-16/h3-13H,1-2H3,(H-,25,27,28). The fourth-order valence-corrected chi connectivity index (χ4v) is 3.32. The predicted octanol–water partition coefficient (Wildman–Crippen LogP) is 5.02. The van der Waals surface area contributed by atoms with Gasteiger partial charge in [0.15, 0.2) is 17.4 Å². The summed E-state index contributed by atoms with van der Waals surface area (Å²) in [7, 11) is 0. The minimum atomic E-state index is -0.252. The SMILES string of the molecule is Cc1ccc(C)c(NC(=S)/C(=C(\[O-])c2ccc(Cl)c(Cl)c2)[n+]2ccccc2)c1. The largest absolute Gasteiger partial charge is 0.867 e. The third kappa shape index (κ3) is 4.53. The highest BCUT2D eigenvalue weighted by molar-refractivity contribution is 7.81. The maximum Gasteiger partial charge on any atom is 0.238 e. The molecule has 0 saturated carbocycles. The van der Waals surface area contributed by atoms with Crippen molar-refractivity contribution in [3.05, 3.63) is 93.7 Å². The molecule has 3 rings (SSSR count). The molecular formula is C22H18Cl2N2OS. The van der Waals surface area contributed by atoms with E-state index in [4.69, 9.17) is 35.4 Å². The predicted molar refractivity (Wildman–Crippen MR) is 118 cm³/mol. The molecule has 3 nitrogen and oxygen atoms in total. The molecule has 6 heteroatoms. The van der Waals surface area contributed by atoms with E-state index in [0.717, 1.165) is 16.8 Å². The van der Waals surface area contributed by atoms with Gasteiger partial charge in [-0.3, -0.25) is 0 Å². The van der Waals surface area contributed by atoms with Crippen molar-refractivity contribution >= 4 is 57.6 Å². The summed E-state index contributed by atoms with van der Waals surface area (Å²) in [5.74, 6) is -0.252. The Morgan fingerprint density at radius 1 is 0.964 bits per heavy atom. The Morgan fingerprint density at radius 3 is 2.36 bits per heavy atom. The lowest BCUT2D eigenvalue weighted by atomic mass is 10.1. The second kappa shape index (κ2) is 8.74. The van der Waals surface area contributed by atoms with E-state index in [9.17, 15) is 5.11 Å². The molecule has 28 heavy (non-hydrogen) atoms. The smallest absolute Gasteiger partial charge is 0.238 e. The van der Waals surface area contributed by atoms with E-state index in [-0.39, 0.29) is 5.76 Å². The van der Waals surface area contributed by atoms with Crippen molar-refractivity contribution in [2.75, 3.05) is 5.32 Å². The fraction of sp³-hybridized carbons (Fsp3) is 0.0909. The number of nitrogens with zero attached hydrogens (tertiary/aromatic N) is 1. The minimum Gasteiger partial charge on any atom is -0.867 e. The number of aryl methyl sites for hydroxylation is 2. The van der Waals surface area contributed by atoms with Gasteiger partial charge in [-0.15, -0.1) is 0 Å². The quantitative estimate of drug-likeness (QED) is 0.274. The maximum atomic E-state index is 13.3. The second-order valence-corrected chi connectivity index (χ2v) is 7.58. The van der Waals surface area contributed by atoms with Crippen molar-refractivity contribution in [3.63, 3.8) is 0 Å². The minimum absolute atomic E-state index is 0.252. The number of hydrogen-bond donors (Lipinski definition) is 1. The molecule has 0 unspecified atom stereocenters. The van der Waals surface area contributed by atoms with Gasteiger partial charge in [0.05, 0.1) is 10.0 Å². The van der Waals surface area contributed by atoms with E-state index in [1.165, 1.54) is 0 Å². The fourth-order valence-electron chi connectivity index (χ4n) is 2.71. The van der Waals surface area contributed by atoms with E-state index in [1.807, 2.05) is 50.2 Å². The third-order valence-corrected chi connectivity index (χ3v) is 5.26. The van der Waals surface area contributed by atoms with Crippen LogP contribution in [0.3, 0.4) is 0 Å². The van der Waals surface area contributed by atoms with Crippen LogP contribution in [0.1, 0.15) is 16.7 Å². The van der Waals surface area contributed by atoms with Gasteiger partial charge in [-0.25, -0.2) is 0 Å². The van der Waals surface area contributed by atoms with Crippen molar-refractivity contribution in [2.45, 2.75) is 13.8 Å². The molecule has 142 valence electrons. The summed E-state index contributed by atoms with van der Waals surface area (Å²) in [5.41, 5.74) is 3.73. The average molecular weight is 429 g/mol. The van der Waals surface area contributed by atoms with Gasteiger partial charge in [-0.2, -0.15) is 4.57 Å². The molecule has 0 spiro atoms. The van der Waals surface area contributed by atoms with E-state index in [0.29, 0.717) is 26.3 Å². The highest BCUT2D eigenvalue weighted by Gasteiger charge is 2.19. The molecule has 3 aromatic rings. The van der Waals surface area contributed by atoms with Crippen LogP contribution in [0.2, 0.25) is 10.0 Å². The molecule has 0 aliphatic rings. The lowest BCUT2D eigenvalue weighted by molar-refractivity contribution is -0.577. The summed E-state index contributed by atoms with van der Waals surface area (Å²) in [6.07, 6.45) is 3.56. The van der Waals surface area contributed by atoms with Crippen LogP contribution < -0.4 is 15.0 Å². The lowest BCUT2D eigenvalue weighted by Gasteiger charge is -2.18. The first-order valence-electron chi connectivity index (χ1n) is 8.59. The Hall–Kier alpha value is -2.40. The number of benzene rings is 2. The van der Waals surface area contributed by atoms with E-state index >= 15 is 0 Å². The van der Waals surface area contributed by atoms with Gasteiger partial charge in [0.2, 0.25) is 5.70 Å². The topological polar surface area (TPSA) is 39.0 Å². The van der Waals surface area contributed by atoms with Crippen molar-refractivity contribution in [1.29, 1.82) is 0 Å². The first-order valence-corrected chi connectivity index (χ1v) is 9.75. The maximum absolute atomic E-state index is 13.3. The number of rotatable bonds is 4. The highest BCUT2D eigenvalue weighted by Crippen LogP contribution is 2.26. The molecule has 0 radical (unpaired) electrons. The molecule has 1 N–H and O–H groups in total. The first kappa shape index (κ1) is 20.3. The molecule has 2 aromatic carbocycles. The number of anilines is 1. The molecule has 0 aliphatic heterocycles. The molecular weight excluding hydrogens is 411 g/mol. The van der Waals surface area contributed by atoms with Gasteiger partial charge in [0, 0.05) is 17.8 Å². The number of aromatic nitrogens is 1. The van der Waals surface area contributed by atoms with E-state index in [2.05, 4.69) is 5.32 Å². The normalized spacial score (nSPS) is 11.7. The van der Waals surface area contributed by atoms with Crippen molar-refractivity contribution < 1.29 is 9.67 Å².